The van der Waals surface area contributed by atoms with Gasteiger partial charge < -0.3 is 21.5 Å². The van der Waals surface area contributed by atoms with Gasteiger partial charge in [0.05, 0.1) is 12.6 Å². The summed E-state index contributed by atoms with van der Waals surface area (Å²) < 4.78 is 5.03. The number of carbonyl (C=O) groups is 1. The number of amides is 1. The van der Waals surface area contributed by atoms with E-state index in [1.54, 1.807) is 7.11 Å². The smallest absolute Gasteiger partial charge is 0.235 e. The molecule has 0 heterocycles. The first-order valence-electron chi connectivity index (χ1n) is 4.89. The number of hydrogen-bond donors (Lipinski definition) is 3. The lowest BCUT2D eigenvalue weighted by atomic mass is 10.1. The van der Waals surface area contributed by atoms with Crippen molar-refractivity contribution in [2.75, 3.05) is 20.3 Å². The van der Waals surface area contributed by atoms with E-state index in [0.29, 0.717) is 13.2 Å². The number of rotatable bonds is 8. The molecule has 2 atom stereocenters. The van der Waals surface area contributed by atoms with Crippen molar-refractivity contribution in [2.24, 2.45) is 11.5 Å². The Balaban J connectivity index is 3.74. The van der Waals surface area contributed by atoms with E-state index in [0.717, 1.165) is 12.8 Å². The summed E-state index contributed by atoms with van der Waals surface area (Å²) in [6.45, 7) is 3.13. The van der Waals surface area contributed by atoms with Crippen LogP contribution in [0.15, 0.2) is 0 Å². The fourth-order valence-electron chi connectivity index (χ4n) is 1.19. The Hall–Kier alpha value is -0.650. The SMILES string of the molecule is CCCC(COC)NCC(N)C(N)=O. The highest BCUT2D eigenvalue weighted by atomic mass is 16.5. The molecular formula is C9H21N3O2. The lowest BCUT2D eigenvalue weighted by molar-refractivity contribution is -0.119. The molecule has 0 aliphatic rings. The highest BCUT2D eigenvalue weighted by Gasteiger charge is 2.12. The topological polar surface area (TPSA) is 90.4 Å². The van der Waals surface area contributed by atoms with Gasteiger partial charge in [0.25, 0.3) is 0 Å². The minimum Gasteiger partial charge on any atom is -0.383 e. The minimum atomic E-state index is -0.619. The predicted molar refractivity (Wildman–Crippen MR) is 55.7 cm³/mol. The first-order chi connectivity index (χ1) is 6.61. The molecule has 0 aromatic rings. The van der Waals surface area contributed by atoms with Crippen LogP contribution in [-0.2, 0) is 9.53 Å². The maximum absolute atomic E-state index is 10.7. The van der Waals surface area contributed by atoms with E-state index in [4.69, 9.17) is 16.2 Å². The zero-order valence-corrected chi connectivity index (χ0v) is 8.95. The summed E-state index contributed by atoms with van der Waals surface area (Å²) in [5, 5.41) is 3.15. The molecule has 0 spiro atoms. The maximum Gasteiger partial charge on any atom is 0.235 e. The van der Waals surface area contributed by atoms with Crippen LogP contribution < -0.4 is 16.8 Å². The molecule has 0 aromatic heterocycles. The molecule has 14 heavy (non-hydrogen) atoms. The van der Waals surface area contributed by atoms with Crippen LogP contribution in [0.2, 0.25) is 0 Å². The summed E-state index contributed by atoms with van der Waals surface area (Å²) >= 11 is 0. The lowest BCUT2D eigenvalue weighted by Gasteiger charge is -2.18. The van der Waals surface area contributed by atoms with E-state index in [2.05, 4.69) is 12.2 Å². The van der Waals surface area contributed by atoms with Crippen LogP contribution >= 0.6 is 0 Å². The zero-order chi connectivity index (χ0) is 11.0. The normalized spacial score (nSPS) is 15.1. The fourth-order valence-corrected chi connectivity index (χ4v) is 1.19. The van der Waals surface area contributed by atoms with E-state index in [1.807, 2.05) is 0 Å². The van der Waals surface area contributed by atoms with E-state index < -0.39 is 11.9 Å². The molecule has 0 fully saturated rings. The fraction of sp³-hybridized carbons (Fsp3) is 0.889. The second-order valence-electron chi connectivity index (χ2n) is 3.36. The Morgan fingerprint density at radius 1 is 1.57 bits per heavy atom. The van der Waals surface area contributed by atoms with Gasteiger partial charge in [-0.2, -0.15) is 0 Å². The van der Waals surface area contributed by atoms with E-state index in [1.165, 1.54) is 0 Å². The highest BCUT2D eigenvalue weighted by Crippen LogP contribution is 1.96. The van der Waals surface area contributed by atoms with E-state index >= 15 is 0 Å². The van der Waals surface area contributed by atoms with Crippen LogP contribution in [0.3, 0.4) is 0 Å². The van der Waals surface area contributed by atoms with Crippen LogP contribution in [0.5, 0.6) is 0 Å². The van der Waals surface area contributed by atoms with Crippen LogP contribution in [0.25, 0.3) is 0 Å². The lowest BCUT2D eigenvalue weighted by Crippen LogP contribution is -2.47. The van der Waals surface area contributed by atoms with Crippen molar-refractivity contribution < 1.29 is 9.53 Å². The van der Waals surface area contributed by atoms with Gasteiger partial charge in [-0.15, -0.1) is 0 Å². The van der Waals surface area contributed by atoms with Crippen molar-refractivity contribution in [1.82, 2.24) is 5.32 Å². The van der Waals surface area contributed by atoms with Crippen molar-refractivity contribution in [3.8, 4) is 0 Å². The predicted octanol–water partition coefficient (Wildman–Crippen LogP) is -0.796. The quantitative estimate of drug-likeness (QED) is 0.482. The largest absolute Gasteiger partial charge is 0.383 e. The van der Waals surface area contributed by atoms with Gasteiger partial charge in [0.1, 0.15) is 0 Å². The molecule has 0 aliphatic carbocycles. The third-order valence-corrected chi connectivity index (χ3v) is 2.00. The number of carbonyl (C=O) groups excluding carboxylic acids is 1. The molecule has 84 valence electrons. The number of primary amides is 1. The first kappa shape index (κ1) is 13.4. The van der Waals surface area contributed by atoms with Gasteiger partial charge in [-0.25, -0.2) is 0 Å². The number of methoxy groups -OCH3 is 1. The van der Waals surface area contributed by atoms with Gasteiger partial charge in [-0.1, -0.05) is 13.3 Å². The molecule has 5 N–H and O–H groups in total. The average molecular weight is 203 g/mol. The van der Waals surface area contributed by atoms with Crippen molar-refractivity contribution >= 4 is 5.91 Å². The molecule has 1 amide bonds. The standard InChI is InChI=1S/C9H21N3O2/c1-3-4-7(6-14-2)12-5-8(10)9(11)13/h7-8,12H,3-6,10H2,1-2H3,(H2,11,13). The summed E-state index contributed by atoms with van der Waals surface area (Å²) in [5.74, 6) is -0.481. The van der Waals surface area contributed by atoms with Gasteiger partial charge in [0.15, 0.2) is 0 Å². The third kappa shape index (κ3) is 5.90. The zero-order valence-electron chi connectivity index (χ0n) is 8.95. The van der Waals surface area contributed by atoms with Gasteiger partial charge in [0, 0.05) is 19.7 Å². The molecule has 5 heteroatoms. The molecule has 2 unspecified atom stereocenters. The van der Waals surface area contributed by atoms with Crippen molar-refractivity contribution in [2.45, 2.75) is 31.8 Å². The van der Waals surface area contributed by atoms with Crippen LogP contribution in [0.1, 0.15) is 19.8 Å². The van der Waals surface area contributed by atoms with Crippen LogP contribution in [0.4, 0.5) is 0 Å². The van der Waals surface area contributed by atoms with E-state index in [9.17, 15) is 4.79 Å². The monoisotopic (exact) mass is 203 g/mol. The summed E-state index contributed by atoms with van der Waals surface area (Å²) in [7, 11) is 1.65. The summed E-state index contributed by atoms with van der Waals surface area (Å²) in [5.41, 5.74) is 10.5. The molecule has 0 aromatic carbocycles. The second kappa shape index (κ2) is 7.73. The Bertz CT molecular complexity index is 158. The molecule has 0 saturated heterocycles. The van der Waals surface area contributed by atoms with Gasteiger partial charge >= 0.3 is 0 Å². The van der Waals surface area contributed by atoms with Crippen molar-refractivity contribution in [3.63, 3.8) is 0 Å². The van der Waals surface area contributed by atoms with Crippen LogP contribution in [-0.4, -0.2) is 38.3 Å². The molecular weight excluding hydrogens is 182 g/mol. The molecule has 0 bridgehead atoms. The average Bonchev–Trinajstić information content (AvgIpc) is 2.14. The number of nitrogens with one attached hydrogen (secondary N) is 1. The first-order valence-corrected chi connectivity index (χ1v) is 4.89. The van der Waals surface area contributed by atoms with Crippen molar-refractivity contribution in [1.29, 1.82) is 0 Å². The van der Waals surface area contributed by atoms with Gasteiger partial charge in [0.2, 0.25) is 5.91 Å². The molecule has 5 nitrogen and oxygen atoms in total. The summed E-state index contributed by atoms with van der Waals surface area (Å²) in [6, 6.07) is -0.374. The molecule has 0 aliphatic heterocycles. The molecule has 0 saturated carbocycles. The number of nitrogens with two attached hydrogens (primary N) is 2. The minimum absolute atomic E-state index is 0.246. The Morgan fingerprint density at radius 3 is 2.64 bits per heavy atom. The molecule has 0 radical (unpaired) electrons. The molecule has 0 rings (SSSR count). The van der Waals surface area contributed by atoms with Gasteiger partial charge in [-0.3, -0.25) is 4.79 Å². The summed E-state index contributed by atoms with van der Waals surface area (Å²) in [4.78, 5) is 10.7. The van der Waals surface area contributed by atoms with Gasteiger partial charge in [-0.05, 0) is 6.42 Å². The van der Waals surface area contributed by atoms with E-state index in [-0.39, 0.29) is 6.04 Å². The summed E-state index contributed by atoms with van der Waals surface area (Å²) in [6.07, 6.45) is 2.06. The Labute approximate surface area is 85.2 Å². The van der Waals surface area contributed by atoms with Crippen molar-refractivity contribution in [3.05, 3.63) is 0 Å². The number of hydrogen-bond acceptors (Lipinski definition) is 4. The third-order valence-electron chi connectivity index (χ3n) is 2.00. The van der Waals surface area contributed by atoms with Crippen LogP contribution in [0, 0.1) is 0 Å². The second-order valence-corrected chi connectivity index (χ2v) is 3.36. The highest BCUT2D eigenvalue weighted by molar-refractivity contribution is 5.79. The Morgan fingerprint density at radius 2 is 2.21 bits per heavy atom. The Kier molecular flexibility index (Phi) is 7.37. The maximum atomic E-state index is 10.7. The number of ether oxygens (including phenoxy) is 1.